The number of aromatic nitrogens is 2. The van der Waals surface area contributed by atoms with Crippen molar-refractivity contribution in [3.8, 4) is 51.8 Å². The fraction of sp³-hybridized carbons (Fsp3) is 0. The number of nitriles is 3. The lowest BCUT2D eigenvalue weighted by molar-refractivity contribution is 1.18. The number of hydrogen-bond acceptors (Lipinski definition) is 3. The highest BCUT2D eigenvalue weighted by molar-refractivity contribution is 6.11. The van der Waals surface area contributed by atoms with Crippen LogP contribution >= 0.6 is 0 Å². The Morgan fingerprint density at radius 3 is 1.72 bits per heavy atom. The Morgan fingerprint density at radius 2 is 0.980 bits per heavy atom. The molecule has 9 rings (SSSR count). The molecule has 9 aromatic rings. The summed E-state index contributed by atoms with van der Waals surface area (Å²) in [6.07, 6.45) is 0. The Kier molecular flexibility index (Phi) is 6.56. The summed E-state index contributed by atoms with van der Waals surface area (Å²) < 4.78 is 4.43. The van der Waals surface area contributed by atoms with Crippen LogP contribution in [0, 0.1) is 34.0 Å². The normalized spacial score (nSPS) is 11.1. The van der Waals surface area contributed by atoms with E-state index in [0.717, 1.165) is 77.2 Å². The summed E-state index contributed by atoms with van der Waals surface area (Å²) in [6, 6.07) is 57.9. The molecule has 0 fully saturated rings. The van der Waals surface area contributed by atoms with E-state index in [4.69, 9.17) is 0 Å². The lowest BCUT2D eigenvalue weighted by Gasteiger charge is -2.16. The van der Waals surface area contributed by atoms with Gasteiger partial charge in [0, 0.05) is 32.8 Å². The summed E-state index contributed by atoms with van der Waals surface area (Å²) in [4.78, 5) is 0. The highest BCUT2D eigenvalue weighted by Crippen LogP contribution is 2.39. The van der Waals surface area contributed by atoms with Crippen molar-refractivity contribution in [3.63, 3.8) is 0 Å². The van der Waals surface area contributed by atoms with Gasteiger partial charge in [-0.25, -0.2) is 0 Å². The highest BCUT2D eigenvalue weighted by Gasteiger charge is 2.19. The molecule has 2 aromatic heterocycles. The molecule has 0 amide bonds. The minimum Gasteiger partial charge on any atom is -0.309 e. The molecule has 230 valence electrons. The molecule has 5 nitrogen and oxygen atoms in total. The number of para-hydroxylation sites is 2. The van der Waals surface area contributed by atoms with Gasteiger partial charge in [0.15, 0.2) is 0 Å². The standard InChI is InChI=1S/C45H25N5/c46-26-29-19-21-42-39(22-29)38-20-18-30(27-47)23-44(38)49(42)35-12-6-9-32(25-35)31-8-5-10-33(24-31)45-34(28-48)11-7-17-43(45)50-40-15-3-1-13-36(40)37-14-2-4-16-41(37)50/h1-25H. The molecular weight excluding hydrogens is 611 g/mol. The van der Waals surface area contributed by atoms with Gasteiger partial charge in [-0.15, -0.1) is 0 Å². The Hall–Kier alpha value is -7.39. The van der Waals surface area contributed by atoms with Crippen LogP contribution in [-0.4, -0.2) is 9.13 Å². The Labute approximate surface area is 287 Å². The fourth-order valence-electron chi connectivity index (χ4n) is 7.42. The minimum absolute atomic E-state index is 0.570. The van der Waals surface area contributed by atoms with Crippen LogP contribution in [0.1, 0.15) is 16.7 Å². The summed E-state index contributed by atoms with van der Waals surface area (Å²) in [6.45, 7) is 0. The Balaban J connectivity index is 1.23. The van der Waals surface area contributed by atoms with E-state index >= 15 is 0 Å². The Bertz CT molecular complexity index is 2920. The van der Waals surface area contributed by atoms with Crippen LogP contribution in [0.5, 0.6) is 0 Å². The van der Waals surface area contributed by atoms with Crippen molar-refractivity contribution in [3.05, 3.63) is 168 Å². The van der Waals surface area contributed by atoms with E-state index in [1.165, 1.54) is 0 Å². The van der Waals surface area contributed by atoms with E-state index in [2.05, 4.69) is 118 Å². The van der Waals surface area contributed by atoms with Crippen LogP contribution in [0.4, 0.5) is 0 Å². The van der Waals surface area contributed by atoms with E-state index in [1.54, 1.807) is 0 Å². The first-order chi connectivity index (χ1) is 24.7. The van der Waals surface area contributed by atoms with Crippen molar-refractivity contribution >= 4 is 43.6 Å². The van der Waals surface area contributed by atoms with Crippen LogP contribution < -0.4 is 0 Å². The molecular formula is C45H25N5. The summed E-state index contributed by atoms with van der Waals surface area (Å²) in [5.74, 6) is 0. The monoisotopic (exact) mass is 635 g/mol. The van der Waals surface area contributed by atoms with Crippen molar-refractivity contribution in [2.45, 2.75) is 0 Å². The minimum atomic E-state index is 0.570. The number of hydrogen-bond donors (Lipinski definition) is 0. The molecule has 2 heterocycles. The van der Waals surface area contributed by atoms with Crippen molar-refractivity contribution in [1.82, 2.24) is 9.13 Å². The maximum atomic E-state index is 10.4. The SMILES string of the molecule is N#Cc1ccc2c(c1)c1ccc(C#N)cc1n2-c1cccc(-c2cccc(-c3c(C#N)cccc3-n3c4ccccc4c4ccccc43)c2)c1. The third-order valence-electron chi connectivity index (χ3n) is 9.60. The predicted octanol–water partition coefficient (Wildman–Crippen LogP) is 10.8. The molecule has 0 bridgehead atoms. The van der Waals surface area contributed by atoms with Gasteiger partial charge in [0.05, 0.1) is 62.7 Å². The number of rotatable bonds is 4. The lowest BCUT2D eigenvalue weighted by Crippen LogP contribution is -1.99. The van der Waals surface area contributed by atoms with Crippen molar-refractivity contribution in [2.75, 3.05) is 0 Å². The first kappa shape index (κ1) is 28.8. The molecule has 0 saturated heterocycles. The molecule has 0 unspecified atom stereocenters. The van der Waals surface area contributed by atoms with Crippen LogP contribution in [0.15, 0.2) is 152 Å². The first-order valence-electron chi connectivity index (χ1n) is 16.3. The van der Waals surface area contributed by atoms with Crippen molar-refractivity contribution in [2.24, 2.45) is 0 Å². The molecule has 0 radical (unpaired) electrons. The van der Waals surface area contributed by atoms with Crippen LogP contribution in [0.3, 0.4) is 0 Å². The number of benzene rings is 7. The quantitative estimate of drug-likeness (QED) is 0.193. The van der Waals surface area contributed by atoms with Crippen LogP contribution in [0.2, 0.25) is 0 Å². The van der Waals surface area contributed by atoms with E-state index in [1.807, 2.05) is 60.7 Å². The first-order valence-corrected chi connectivity index (χ1v) is 16.3. The maximum absolute atomic E-state index is 10.4. The van der Waals surface area contributed by atoms with Gasteiger partial charge in [-0.2, -0.15) is 15.8 Å². The van der Waals surface area contributed by atoms with Gasteiger partial charge in [-0.1, -0.05) is 78.9 Å². The molecule has 0 spiro atoms. The molecule has 0 saturated carbocycles. The van der Waals surface area contributed by atoms with Crippen molar-refractivity contribution in [1.29, 1.82) is 15.8 Å². The van der Waals surface area contributed by atoms with E-state index in [-0.39, 0.29) is 0 Å². The van der Waals surface area contributed by atoms with Gasteiger partial charge < -0.3 is 9.13 Å². The summed E-state index contributed by atoms with van der Waals surface area (Å²) in [5.41, 5.74) is 11.5. The molecule has 0 N–H and O–H groups in total. The zero-order valence-corrected chi connectivity index (χ0v) is 26.7. The third-order valence-corrected chi connectivity index (χ3v) is 9.60. The van der Waals surface area contributed by atoms with Gasteiger partial charge in [0.1, 0.15) is 0 Å². The summed E-state index contributed by atoms with van der Waals surface area (Å²) >= 11 is 0. The van der Waals surface area contributed by atoms with E-state index < -0.39 is 0 Å². The second kappa shape index (κ2) is 11.4. The van der Waals surface area contributed by atoms with E-state index in [9.17, 15) is 15.8 Å². The largest absolute Gasteiger partial charge is 0.309 e. The van der Waals surface area contributed by atoms with Gasteiger partial charge in [-0.3, -0.25) is 0 Å². The summed E-state index contributed by atoms with van der Waals surface area (Å²) in [5, 5.41) is 34.0. The second-order valence-electron chi connectivity index (χ2n) is 12.3. The topological polar surface area (TPSA) is 81.2 Å². The molecule has 50 heavy (non-hydrogen) atoms. The third kappa shape index (κ3) is 4.38. The average Bonchev–Trinajstić information content (AvgIpc) is 3.69. The Morgan fingerprint density at radius 1 is 0.380 bits per heavy atom. The summed E-state index contributed by atoms with van der Waals surface area (Å²) in [7, 11) is 0. The van der Waals surface area contributed by atoms with Crippen LogP contribution in [0.25, 0.3) is 77.2 Å². The highest BCUT2D eigenvalue weighted by atomic mass is 15.0. The number of nitrogens with zero attached hydrogens (tertiary/aromatic N) is 5. The second-order valence-corrected chi connectivity index (χ2v) is 12.3. The fourth-order valence-corrected chi connectivity index (χ4v) is 7.42. The maximum Gasteiger partial charge on any atom is 0.0998 e. The predicted molar refractivity (Wildman–Crippen MR) is 200 cm³/mol. The molecule has 0 aliphatic rings. The molecule has 0 aliphatic carbocycles. The number of fused-ring (bicyclic) bond motifs is 6. The van der Waals surface area contributed by atoms with Gasteiger partial charge in [0.2, 0.25) is 0 Å². The van der Waals surface area contributed by atoms with Crippen molar-refractivity contribution < 1.29 is 0 Å². The van der Waals surface area contributed by atoms with Crippen LogP contribution in [-0.2, 0) is 0 Å². The lowest BCUT2D eigenvalue weighted by atomic mass is 9.94. The molecule has 7 aromatic carbocycles. The van der Waals surface area contributed by atoms with Gasteiger partial charge in [-0.05, 0) is 89.5 Å². The zero-order valence-electron chi connectivity index (χ0n) is 26.7. The average molecular weight is 636 g/mol. The molecule has 0 atom stereocenters. The van der Waals surface area contributed by atoms with Gasteiger partial charge in [0.25, 0.3) is 0 Å². The zero-order chi connectivity index (χ0) is 33.8. The smallest absolute Gasteiger partial charge is 0.0998 e. The van der Waals surface area contributed by atoms with E-state index in [0.29, 0.717) is 16.7 Å². The van der Waals surface area contributed by atoms with Gasteiger partial charge >= 0.3 is 0 Å². The molecule has 0 aliphatic heterocycles. The molecule has 5 heteroatoms.